The molecule has 156 valence electrons. The van der Waals surface area contributed by atoms with Gasteiger partial charge in [0.05, 0.1) is 0 Å². The van der Waals surface area contributed by atoms with Crippen LogP contribution in [0, 0.1) is 5.41 Å². The second-order valence-electron chi connectivity index (χ2n) is 9.35. The Labute approximate surface area is 169 Å². The third kappa shape index (κ3) is 4.79. The fourth-order valence-corrected chi connectivity index (χ4v) is 4.71. The van der Waals surface area contributed by atoms with Crippen molar-refractivity contribution in [1.29, 1.82) is 0 Å². The second kappa shape index (κ2) is 8.57. The van der Waals surface area contributed by atoms with Crippen molar-refractivity contribution in [3.63, 3.8) is 0 Å². The molecule has 0 aliphatic carbocycles. The van der Waals surface area contributed by atoms with Gasteiger partial charge < -0.3 is 19.5 Å². The van der Waals surface area contributed by atoms with Crippen LogP contribution in [0.2, 0.25) is 0 Å². The van der Waals surface area contributed by atoms with Gasteiger partial charge in [-0.15, -0.1) is 0 Å². The van der Waals surface area contributed by atoms with Crippen LogP contribution < -0.4 is 9.47 Å². The molecule has 2 fully saturated rings. The van der Waals surface area contributed by atoms with Crippen molar-refractivity contribution in [2.45, 2.75) is 39.3 Å². The van der Waals surface area contributed by atoms with Crippen molar-refractivity contribution in [1.82, 2.24) is 14.7 Å². The summed E-state index contributed by atoms with van der Waals surface area (Å²) in [6.07, 6.45) is 2.57. The van der Waals surface area contributed by atoms with Gasteiger partial charge in [0.2, 0.25) is 6.79 Å². The van der Waals surface area contributed by atoms with E-state index in [-0.39, 0.29) is 12.0 Å². The molecular formula is C22H35N3O3. The molecule has 0 spiro atoms. The molecule has 1 N–H and O–H groups in total. The molecule has 1 aromatic rings. The Kier molecular flexibility index (Phi) is 6.11. The highest BCUT2D eigenvalue weighted by Gasteiger charge is 2.30. The molecule has 6 nitrogen and oxygen atoms in total. The van der Waals surface area contributed by atoms with Crippen LogP contribution in [-0.2, 0) is 6.54 Å². The molecule has 1 atom stereocenters. The van der Waals surface area contributed by atoms with E-state index in [4.69, 9.17) is 9.47 Å². The van der Waals surface area contributed by atoms with Gasteiger partial charge in [-0.2, -0.15) is 0 Å². The van der Waals surface area contributed by atoms with Crippen molar-refractivity contribution >= 4 is 0 Å². The third-order valence-electron chi connectivity index (χ3n) is 6.33. The summed E-state index contributed by atoms with van der Waals surface area (Å²) in [4.78, 5) is 7.79. The van der Waals surface area contributed by atoms with E-state index in [0.29, 0.717) is 12.8 Å². The highest BCUT2D eigenvalue weighted by molar-refractivity contribution is 5.44. The zero-order chi connectivity index (χ0) is 19.6. The Morgan fingerprint density at radius 2 is 1.82 bits per heavy atom. The van der Waals surface area contributed by atoms with Crippen molar-refractivity contribution in [3.05, 3.63) is 23.8 Å². The Hall–Kier alpha value is -1.34. The number of likely N-dealkylation sites (tertiary alicyclic amines) is 1. The summed E-state index contributed by atoms with van der Waals surface area (Å²) < 4.78 is 10.9. The SMILES string of the molecule is CC(C)(CO)CN1CCCC(N2CCN(Cc3ccc4c(c3)OCO4)CC2)C1. The Balaban J connectivity index is 1.26. The quantitative estimate of drug-likeness (QED) is 0.803. The predicted octanol–water partition coefficient (Wildman–Crippen LogP) is 2.02. The van der Waals surface area contributed by atoms with E-state index >= 15 is 0 Å². The van der Waals surface area contributed by atoms with Crippen LogP contribution in [-0.4, -0.2) is 85.1 Å². The van der Waals surface area contributed by atoms with Crippen LogP contribution in [0.5, 0.6) is 11.5 Å². The molecule has 4 rings (SSSR count). The van der Waals surface area contributed by atoms with Crippen LogP contribution in [0.1, 0.15) is 32.3 Å². The second-order valence-corrected chi connectivity index (χ2v) is 9.35. The number of piperazine rings is 1. The number of aliphatic hydroxyl groups excluding tert-OH is 1. The predicted molar refractivity (Wildman–Crippen MR) is 110 cm³/mol. The summed E-state index contributed by atoms with van der Waals surface area (Å²) in [6, 6.07) is 6.97. The lowest BCUT2D eigenvalue weighted by Crippen LogP contribution is -2.55. The fourth-order valence-electron chi connectivity index (χ4n) is 4.71. The zero-order valence-corrected chi connectivity index (χ0v) is 17.4. The Morgan fingerprint density at radius 1 is 1.04 bits per heavy atom. The minimum Gasteiger partial charge on any atom is -0.454 e. The van der Waals surface area contributed by atoms with E-state index in [9.17, 15) is 5.11 Å². The summed E-state index contributed by atoms with van der Waals surface area (Å²) in [6.45, 7) is 13.7. The Bertz CT molecular complexity index is 658. The van der Waals surface area contributed by atoms with Gasteiger partial charge in [-0.05, 0) is 37.1 Å². The summed E-state index contributed by atoms with van der Waals surface area (Å²) in [5, 5.41) is 9.58. The topological polar surface area (TPSA) is 48.4 Å². The normalized spacial score (nSPS) is 24.6. The molecule has 1 aromatic carbocycles. The number of hydrogen-bond acceptors (Lipinski definition) is 6. The maximum atomic E-state index is 9.58. The first-order chi connectivity index (χ1) is 13.5. The number of rotatable bonds is 6. The molecule has 6 heteroatoms. The first-order valence-electron chi connectivity index (χ1n) is 10.7. The molecule has 0 radical (unpaired) electrons. The van der Waals surface area contributed by atoms with Crippen LogP contribution in [0.4, 0.5) is 0 Å². The summed E-state index contributed by atoms with van der Waals surface area (Å²) in [5.74, 6) is 1.74. The highest BCUT2D eigenvalue weighted by Crippen LogP contribution is 2.33. The smallest absolute Gasteiger partial charge is 0.231 e. The number of nitrogens with zero attached hydrogens (tertiary/aromatic N) is 3. The molecule has 3 heterocycles. The van der Waals surface area contributed by atoms with E-state index in [1.165, 1.54) is 24.9 Å². The average Bonchev–Trinajstić information content (AvgIpc) is 3.16. The largest absolute Gasteiger partial charge is 0.454 e. The van der Waals surface area contributed by atoms with Crippen molar-refractivity contribution in [3.8, 4) is 11.5 Å². The summed E-state index contributed by atoms with van der Waals surface area (Å²) >= 11 is 0. The van der Waals surface area contributed by atoms with E-state index in [0.717, 1.165) is 57.3 Å². The van der Waals surface area contributed by atoms with Gasteiger partial charge in [0, 0.05) is 63.9 Å². The van der Waals surface area contributed by atoms with Gasteiger partial charge in [0.25, 0.3) is 0 Å². The first-order valence-corrected chi connectivity index (χ1v) is 10.7. The molecule has 0 amide bonds. The zero-order valence-electron chi connectivity index (χ0n) is 17.4. The summed E-state index contributed by atoms with van der Waals surface area (Å²) in [5.41, 5.74) is 1.29. The number of ether oxygens (including phenoxy) is 2. The van der Waals surface area contributed by atoms with Gasteiger partial charge in [0.15, 0.2) is 11.5 Å². The molecule has 0 aromatic heterocycles. The lowest BCUT2D eigenvalue weighted by Gasteiger charge is -2.44. The van der Waals surface area contributed by atoms with E-state index in [1.54, 1.807) is 0 Å². The summed E-state index contributed by atoms with van der Waals surface area (Å²) in [7, 11) is 0. The lowest BCUT2D eigenvalue weighted by atomic mass is 9.92. The van der Waals surface area contributed by atoms with Crippen LogP contribution in [0.25, 0.3) is 0 Å². The van der Waals surface area contributed by atoms with Gasteiger partial charge in [0.1, 0.15) is 0 Å². The monoisotopic (exact) mass is 389 g/mol. The van der Waals surface area contributed by atoms with Gasteiger partial charge in [-0.1, -0.05) is 19.9 Å². The van der Waals surface area contributed by atoms with Crippen LogP contribution in [0.3, 0.4) is 0 Å². The molecule has 0 saturated carbocycles. The van der Waals surface area contributed by atoms with Crippen LogP contribution >= 0.6 is 0 Å². The number of fused-ring (bicyclic) bond motifs is 1. The lowest BCUT2D eigenvalue weighted by molar-refractivity contribution is 0.0290. The van der Waals surface area contributed by atoms with Crippen molar-refractivity contribution < 1.29 is 14.6 Å². The number of hydrogen-bond donors (Lipinski definition) is 1. The minimum atomic E-state index is -0.00873. The minimum absolute atomic E-state index is 0.00873. The molecule has 28 heavy (non-hydrogen) atoms. The molecule has 2 saturated heterocycles. The van der Waals surface area contributed by atoms with Gasteiger partial charge in [-0.25, -0.2) is 0 Å². The maximum absolute atomic E-state index is 9.58. The first kappa shape index (κ1) is 20.0. The number of aliphatic hydroxyl groups is 1. The van der Waals surface area contributed by atoms with Crippen molar-refractivity contribution in [2.24, 2.45) is 5.41 Å². The van der Waals surface area contributed by atoms with Crippen molar-refractivity contribution in [2.75, 3.05) is 59.2 Å². The maximum Gasteiger partial charge on any atom is 0.231 e. The van der Waals surface area contributed by atoms with Gasteiger partial charge in [-0.3, -0.25) is 9.80 Å². The van der Waals surface area contributed by atoms with E-state index in [1.807, 2.05) is 6.07 Å². The Morgan fingerprint density at radius 3 is 2.61 bits per heavy atom. The molecular weight excluding hydrogens is 354 g/mol. The van der Waals surface area contributed by atoms with E-state index in [2.05, 4.69) is 40.7 Å². The number of benzene rings is 1. The molecule has 1 unspecified atom stereocenters. The fraction of sp³-hybridized carbons (Fsp3) is 0.727. The number of piperidine rings is 1. The standard InChI is InChI=1S/C22H35N3O3/c1-22(2,16-26)15-24-7-3-4-19(14-24)25-10-8-23(9-11-25)13-18-5-6-20-21(12-18)28-17-27-20/h5-6,12,19,26H,3-4,7-11,13-17H2,1-2H3. The highest BCUT2D eigenvalue weighted by atomic mass is 16.7. The molecule has 3 aliphatic rings. The molecule has 3 aliphatic heterocycles. The van der Waals surface area contributed by atoms with E-state index < -0.39 is 0 Å². The van der Waals surface area contributed by atoms with Crippen LogP contribution in [0.15, 0.2) is 18.2 Å². The van der Waals surface area contributed by atoms with Gasteiger partial charge >= 0.3 is 0 Å². The average molecular weight is 390 g/mol. The molecule has 0 bridgehead atoms. The third-order valence-corrected chi connectivity index (χ3v) is 6.33.